The van der Waals surface area contributed by atoms with Gasteiger partial charge in [-0.3, -0.25) is 19.4 Å². The summed E-state index contributed by atoms with van der Waals surface area (Å²) in [6.45, 7) is 3.35. The SMILES string of the molecule is CC(C)CC(NC(=O)Oc1ccc(-c2ccccc2)cc1)C(=O)N1CCC2C1C(=O)CN2S(=O)(=O)C(=O)c1ccccn1. The first-order chi connectivity index (χ1) is 20.6. The second kappa shape index (κ2) is 12.4. The molecule has 3 atom stereocenters. The van der Waals surface area contributed by atoms with E-state index in [0.717, 1.165) is 15.4 Å². The third-order valence-electron chi connectivity index (χ3n) is 7.55. The minimum Gasteiger partial charge on any atom is -0.410 e. The van der Waals surface area contributed by atoms with Crippen molar-refractivity contribution >= 4 is 32.9 Å². The highest BCUT2D eigenvalue weighted by molar-refractivity contribution is 8.04. The molecule has 0 saturated carbocycles. The Balaban J connectivity index is 1.27. The van der Waals surface area contributed by atoms with E-state index in [1.807, 2.05) is 56.3 Å². The monoisotopic (exact) mass is 604 g/mol. The molecule has 5 rings (SSSR count). The quantitative estimate of drug-likeness (QED) is 0.413. The van der Waals surface area contributed by atoms with Gasteiger partial charge < -0.3 is 15.0 Å². The van der Waals surface area contributed by atoms with E-state index < -0.39 is 57.6 Å². The highest BCUT2D eigenvalue weighted by Crippen LogP contribution is 2.33. The van der Waals surface area contributed by atoms with Gasteiger partial charge in [0.1, 0.15) is 23.5 Å². The van der Waals surface area contributed by atoms with Crippen LogP contribution in [0.4, 0.5) is 4.79 Å². The molecule has 12 heteroatoms. The Morgan fingerprint density at radius 2 is 1.65 bits per heavy atom. The fourth-order valence-electron chi connectivity index (χ4n) is 5.58. The summed E-state index contributed by atoms with van der Waals surface area (Å²) in [5.41, 5.74) is 1.71. The third kappa shape index (κ3) is 6.35. The van der Waals surface area contributed by atoms with E-state index in [-0.39, 0.29) is 31.0 Å². The molecule has 11 nitrogen and oxygen atoms in total. The van der Waals surface area contributed by atoms with Gasteiger partial charge in [-0.25, -0.2) is 13.2 Å². The van der Waals surface area contributed by atoms with Crippen molar-refractivity contribution in [3.63, 3.8) is 0 Å². The molecular formula is C31H32N4O7S. The van der Waals surface area contributed by atoms with E-state index in [4.69, 9.17) is 4.74 Å². The summed E-state index contributed by atoms with van der Waals surface area (Å²) in [7, 11) is -4.56. The van der Waals surface area contributed by atoms with Crippen molar-refractivity contribution in [3.05, 3.63) is 84.7 Å². The van der Waals surface area contributed by atoms with E-state index in [0.29, 0.717) is 5.75 Å². The first kappa shape index (κ1) is 30.1. The fourth-order valence-corrected chi connectivity index (χ4v) is 7.05. The molecule has 0 bridgehead atoms. The fraction of sp³-hybridized carbons (Fsp3) is 0.323. The first-order valence-corrected chi connectivity index (χ1v) is 15.4. The Morgan fingerprint density at radius 1 is 0.977 bits per heavy atom. The molecule has 224 valence electrons. The van der Waals surface area contributed by atoms with Gasteiger partial charge in [-0.05, 0) is 54.2 Å². The second-order valence-electron chi connectivity index (χ2n) is 11.0. The number of pyridine rings is 1. The van der Waals surface area contributed by atoms with E-state index in [9.17, 15) is 27.6 Å². The van der Waals surface area contributed by atoms with Crippen molar-refractivity contribution in [2.45, 2.75) is 44.8 Å². The van der Waals surface area contributed by atoms with Crippen molar-refractivity contribution in [1.82, 2.24) is 19.5 Å². The lowest BCUT2D eigenvalue weighted by Gasteiger charge is -2.28. The topological polar surface area (TPSA) is 143 Å². The molecule has 0 radical (unpaired) electrons. The molecule has 2 fully saturated rings. The molecule has 43 heavy (non-hydrogen) atoms. The minimum absolute atomic E-state index is 0.00459. The van der Waals surface area contributed by atoms with Crippen molar-refractivity contribution in [3.8, 4) is 16.9 Å². The molecule has 2 aliphatic rings. The predicted octanol–water partition coefficient (Wildman–Crippen LogP) is 3.28. The molecule has 2 aliphatic heterocycles. The molecule has 0 spiro atoms. The number of carbonyl (C=O) groups excluding carboxylic acids is 4. The molecule has 3 unspecified atom stereocenters. The normalized spacial score (nSPS) is 19.2. The van der Waals surface area contributed by atoms with Gasteiger partial charge in [0.25, 0.3) is 10.0 Å². The number of nitrogens with zero attached hydrogens (tertiary/aromatic N) is 3. The van der Waals surface area contributed by atoms with Crippen LogP contribution in [0.3, 0.4) is 0 Å². The summed E-state index contributed by atoms with van der Waals surface area (Å²) < 4.78 is 32.7. The number of ether oxygens (including phenoxy) is 1. The lowest BCUT2D eigenvalue weighted by molar-refractivity contribution is -0.138. The van der Waals surface area contributed by atoms with Crippen LogP contribution in [0.25, 0.3) is 11.1 Å². The zero-order valence-electron chi connectivity index (χ0n) is 23.8. The van der Waals surface area contributed by atoms with Crippen LogP contribution >= 0.6 is 0 Å². The number of ketones is 1. The first-order valence-electron chi connectivity index (χ1n) is 14.0. The van der Waals surface area contributed by atoms with Gasteiger partial charge in [-0.2, -0.15) is 4.31 Å². The maximum Gasteiger partial charge on any atom is 0.413 e. The maximum atomic E-state index is 13.7. The van der Waals surface area contributed by atoms with Crippen LogP contribution in [-0.2, 0) is 19.6 Å². The number of carbonyl (C=O) groups is 4. The molecule has 3 aromatic rings. The molecule has 1 aromatic heterocycles. The summed E-state index contributed by atoms with van der Waals surface area (Å²) in [6.07, 6.45) is 0.917. The molecule has 1 N–H and O–H groups in total. The van der Waals surface area contributed by atoms with Gasteiger partial charge in [0.2, 0.25) is 5.91 Å². The van der Waals surface area contributed by atoms with Crippen molar-refractivity contribution in [2.75, 3.05) is 13.1 Å². The highest BCUT2D eigenvalue weighted by atomic mass is 32.2. The lowest BCUT2D eigenvalue weighted by Crippen LogP contribution is -2.53. The number of benzene rings is 2. The van der Waals surface area contributed by atoms with Crippen LogP contribution in [0, 0.1) is 5.92 Å². The van der Waals surface area contributed by atoms with E-state index in [2.05, 4.69) is 10.3 Å². The number of rotatable bonds is 8. The molecule has 2 amide bonds. The van der Waals surface area contributed by atoms with E-state index in [1.165, 1.54) is 23.2 Å². The van der Waals surface area contributed by atoms with Crippen LogP contribution < -0.4 is 10.1 Å². The Hall–Kier alpha value is -4.42. The van der Waals surface area contributed by atoms with Crippen LogP contribution in [0.5, 0.6) is 5.75 Å². The number of hydrogen-bond acceptors (Lipinski definition) is 8. The Bertz CT molecular complexity index is 1610. The van der Waals surface area contributed by atoms with Crippen molar-refractivity contribution in [2.24, 2.45) is 5.92 Å². The van der Waals surface area contributed by atoms with Crippen molar-refractivity contribution < 1.29 is 32.3 Å². The number of hydrogen-bond donors (Lipinski definition) is 1. The summed E-state index contributed by atoms with van der Waals surface area (Å²) in [5, 5.41) is 1.43. The summed E-state index contributed by atoms with van der Waals surface area (Å²) in [6, 6.07) is 18.1. The number of sulfonamides is 1. The van der Waals surface area contributed by atoms with Gasteiger partial charge in [0.15, 0.2) is 5.78 Å². The van der Waals surface area contributed by atoms with Crippen LogP contribution in [0.15, 0.2) is 79.0 Å². The number of amides is 2. The van der Waals surface area contributed by atoms with Crippen LogP contribution in [0.1, 0.15) is 37.2 Å². The third-order valence-corrected chi connectivity index (χ3v) is 9.24. The summed E-state index contributed by atoms with van der Waals surface area (Å²) >= 11 is 0. The zero-order chi connectivity index (χ0) is 30.7. The van der Waals surface area contributed by atoms with Gasteiger partial charge >= 0.3 is 11.2 Å². The second-order valence-corrected chi connectivity index (χ2v) is 12.7. The number of Topliss-reactive ketones (excluding diaryl/α,β-unsaturated/α-hetero) is 1. The number of likely N-dealkylation sites (tertiary alicyclic amines) is 1. The standard InChI is InChI=1S/C31H32N4O7S/c1-20(2)18-25(33-31(39)42-23-13-11-22(12-14-23)21-8-4-3-5-9-21)29(37)34-17-15-26-28(34)27(36)19-35(26)43(40,41)30(38)24-10-6-7-16-32-24/h3-14,16,20,25-26,28H,15,17-19H2,1-2H3,(H,33,39). The molecule has 2 saturated heterocycles. The number of aromatic nitrogens is 1. The van der Waals surface area contributed by atoms with Crippen molar-refractivity contribution in [1.29, 1.82) is 0 Å². The number of fused-ring (bicyclic) bond motifs is 1. The number of nitrogens with one attached hydrogen (secondary N) is 1. The van der Waals surface area contributed by atoms with Gasteiger partial charge in [0, 0.05) is 12.7 Å². The smallest absolute Gasteiger partial charge is 0.410 e. The highest BCUT2D eigenvalue weighted by Gasteiger charge is 2.55. The van der Waals surface area contributed by atoms with Gasteiger partial charge in [-0.1, -0.05) is 62.4 Å². The molecule has 3 heterocycles. The van der Waals surface area contributed by atoms with Crippen LogP contribution in [-0.4, -0.2) is 76.7 Å². The maximum absolute atomic E-state index is 13.7. The molecular weight excluding hydrogens is 572 g/mol. The summed E-state index contributed by atoms with van der Waals surface area (Å²) in [5.74, 6) is -0.706. The van der Waals surface area contributed by atoms with E-state index in [1.54, 1.807) is 18.2 Å². The van der Waals surface area contributed by atoms with Gasteiger partial charge in [0.05, 0.1) is 12.6 Å². The molecule has 0 aliphatic carbocycles. The van der Waals surface area contributed by atoms with Gasteiger partial charge in [-0.15, -0.1) is 0 Å². The average Bonchev–Trinajstić information content (AvgIpc) is 3.58. The van der Waals surface area contributed by atoms with Crippen LogP contribution in [0.2, 0.25) is 0 Å². The molecule has 2 aromatic carbocycles. The predicted molar refractivity (Wildman–Crippen MR) is 157 cm³/mol. The largest absolute Gasteiger partial charge is 0.413 e. The zero-order valence-corrected chi connectivity index (χ0v) is 24.6. The lowest BCUT2D eigenvalue weighted by atomic mass is 10.0. The van der Waals surface area contributed by atoms with E-state index >= 15 is 0 Å². The Kier molecular flexibility index (Phi) is 8.69. The Labute approximate surface area is 249 Å². The Morgan fingerprint density at radius 3 is 2.30 bits per heavy atom. The minimum atomic E-state index is -4.56. The summed E-state index contributed by atoms with van der Waals surface area (Å²) in [4.78, 5) is 57.6. The average molecular weight is 605 g/mol.